The second kappa shape index (κ2) is 5.19. The summed E-state index contributed by atoms with van der Waals surface area (Å²) in [4.78, 5) is 0. The number of fused-ring (bicyclic) bond motifs is 3. The summed E-state index contributed by atoms with van der Waals surface area (Å²) >= 11 is 0. The third-order valence-electron chi connectivity index (χ3n) is 4.99. The van der Waals surface area contributed by atoms with E-state index in [1.54, 1.807) is 0 Å². The molecule has 0 aromatic heterocycles. The van der Waals surface area contributed by atoms with Gasteiger partial charge in [0, 0.05) is 30.3 Å². The highest BCUT2D eigenvalue weighted by atomic mass is 16.5. The van der Waals surface area contributed by atoms with Gasteiger partial charge in [-0.2, -0.15) is 0 Å². The number of hydrogen-bond acceptors (Lipinski definition) is 2. The molecule has 2 unspecified atom stereocenters. The number of ether oxygens (including phenoxy) is 1. The average Bonchev–Trinajstić information content (AvgIpc) is 2.55. The molecule has 0 radical (unpaired) electrons. The molecule has 0 saturated carbocycles. The SMILES string of the molecule is Cc1cccc2c1NCC1C2OCC[C@H]1c1ccccc1. The largest absolute Gasteiger partial charge is 0.384 e. The molecule has 4 rings (SSSR count). The Morgan fingerprint density at radius 3 is 2.76 bits per heavy atom. The van der Waals surface area contributed by atoms with Crippen LogP contribution in [0.4, 0.5) is 5.69 Å². The van der Waals surface area contributed by atoms with Crippen LogP contribution in [0, 0.1) is 12.8 Å². The zero-order valence-corrected chi connectivity index (χ0v) is 12.4. The second-order valence-electron chi connectivity index (χ2n) is 6.18. The molecule has 2 aromatic carbocycles. The van der Waals surface area contributed by atoms with Gasteiger partial charge in [-0.3, -0.25) is 0 Å². The number of aryl methyl sites for hydroxylation is 1. The standard InChI is InChI=1S/C19H21NO/c1-13-6-5-9-16-18(13)20-12-17-15(10-11-21-19(16)17)14-7-3-2-4-8-14/h2-9,15,17,19-20H,10-12H2,1H3/t15-,17?,19?/m0/s1. The summed E-state index contributed by atoms with van der Waals surface area (Å²) in [5.74, 6) is 1.11. The van der Waals surface area contributed by atoms with Crippen molar-refractivity contribution in [2.45, 2.75) is 25.4 Å². The fourth-order valence-corrected chi connectivity index (χ4v) is 3.94. The van der Waals surface area contributed by atoms with Crippen molar-refractivity contribution in [1.29, 1.82) is 0 Å². The monoisotopic (exact) mass is 279 g/mol. The Morgan fingerprint density at radius 2 is 1.90 bits per heavy atom. The molecule has 2 heteroatoms. The minimum absolute atomic E-state index is 0.236. The van der Waals surface area contributed by atoms with Crippen molar-refractivity contribution in [3.05, 3.63) is 65.2 Å². The van der Waals surface area contributed by atoms with Gasteiger partial charge in [0.2, 0.25) is 0 Å². The molecule has 2 nitrogen and oxygen atoms in total. The van der Waals surface area contributed by atoms with Crippen LogP contribution in [0.5, 0.6) is 0 Å². The minimum atomic E-state index is 0.236. The third kappa shape index (κ3) is 2.14. The fraction of sp³-hybridized carbons (Fsp3) is 0.368. The van der Waals surface area contributed by atoms with Crippen molar-refractivity contribution < 1.29 is 4.74 Å². The molecular weight excluding hydrogens is 258 g/mol. The molecule has 2 heterocycles. The Balaban J connectivity index is 1.72. The normalized spacial score (nSPS) is 27.4. The lowest BCUT2D eigenvalue weighted by Crippen LogP contribution is -2.38. The first-order chi connectivity index (χ1) is 10.3. The van der Waals surface area contributed by atoms with Gasteiger partial charge in [-0.1, -0.05) is 48.5 Å². The lowest BCUT2D eigenvalue weighted by Gasteiger charge is -2.43. The minimum Gasteiger partial charge on any atom is -0.384 e. The Morgan fingerprint density at radius 1 is 1.05 bits per heavy atom. The molecule has 2 aliphatic heterocycles. The van der Waals surface area contributed by atoms with Gasteiger partial charge in [-0.05, 0) is 30.4 Å². The maximum Gasteiger partial charge on any atom is 0.0895 e. The topological polar surface area (TPSA) is 21.3 Å². The van der Waals surface area contributed by atoms with E-state index in [2.05, 4.69) is 60.8 Å². The van der Waals surface area contributed by atoms with Gasteiger partial charge < -0.3 is 10.1 Å². The van der Waals surface area contributed by atoms with Crippen molar-refractivity contribution in [3.8, 4) is 0 Å². The first-order valence-electron chi connectivity index (χ1n) is 7.84. The molecule has 0 bridgehead atoms. The van der Waals surface area contributed by atoms with E-state index in [-0.39, 0.29) is 6.10 Å². The number of para-hydroxylation sites is 1. The van der Waals surface area contributed by atoms with Gasteiger partial charge >= 0.3 is 0 Å². The number of rotatable bonds is 1. The predicted octanol–water partition coefficient (Wildman–Crippen LogP) is 4.28. The smallest absolute Gasteiger partial charge is 0.0895 e. The van der Waals surface area contributed by atoms with E-state index >= 15 is 0 Å². The van der Waals surface area contributed by atoms with Gasteiger partial charge in [0.1, 0.15) is 0 Å². The summed E-state index contributed by atoms with van der Waals surface area (Å²) in [7, 11) is 0. The molecule has 2 aliphatic rings. The van der Waals surface area contributed by atoms with E-state index in [0.29, 0.717) is 11.8 Å². The maximum absolute atomic E-state index is 6.18. The van der Waals surface area contributed by atoms with Crippen molar-refractivity contribution in [2.24, 2.45) is 5.92 Å². The zero-order chi connectivity index (χ0) is 14.2. The number of benzene rings is 2. The van der Waals surface area contributed by atoms with Gasteiger partial charge in [0.25, 0.3) is 0 Å². The summed E-state index contributed by atoms with van der Waals surface area (Å²) in [5, 5.41) is 3.65. The molecule has 3 atom stereocenters. The summed E-state index contributed by atoms with van der Waals surface area (Å²) in [6.45, 7) is 4.03. The van der Waals surface area contributed by atoms with Crippen LogP contribution >= 0.6 is 0 Å². The number of hydrogen-bond donors (Lipinski definition) is 1. The molecule has 1 saturated heterocycles. The number of anilines is 1. The third-order valence-corrected chi connectivity index (χ3v) is 4.99. The highest BCUT2D eigenvalue weighted by molar-refractivity contribution is 5.60. The molecule has 1 N–H and O–H groups in total. The Kier molecular flexibility index (Phi) is 3.19. The molecule has 21 heavy (non-hydrogen) atoms. The Labute approximate surface area is 126 Å². The second-order valence-corrected chi connectivity index (χ2v) is 6.18. The van der Waals surface area contributed by atoms with Crippen LogP contribution in [0.2, 0.25) is 0 Å². The molecule has 0 spiro atoms. The van der Waals surface area contributed by atoms with Gasteiger partial charge in [-0.25, -0.2) is 0 Å². The first kappa shape index (κ1) is 12.9. The Bertz CT molecular complexity index is 637. The van der Waals surface area contributed by atoms with E-state index in [1.807, 2.05) is 0 Å². The van der Waals surface area contributed by atoms with Crippen LogP contribution in [-0.2, 0) is 4.74 Å². The van der Waals surface area contributed by atoms with Crippen LogP contribution in [0.15, 0.2) is 48.5 Å². The van der Waals surface area contributed by atoms with Crippen LogP contribution in [-0.4, -0.2) is 13.2 Å². The summed E-state index contributed by atoms with van der Waals surface area (Å²) in [6.07, 6.45) is 1.36. The lowest BCUT2D eigenvalue weighted by molar-refractivity contribution is -0.0381. The highest BCUT2D eigenvalue weighted by Crippen LogP contribution is 2.47. The molecule has 108 valence electrons. The van der Waals surface area contributed by atoms with E-state index in [9.17, 15) is 0 Å². The van der Waals surface area contributed by atoms with Crippen molar-refractivity contribution in [1.82, 2.24) is 0 Å². The van der Waals surface area contributed by atoms with Crippen molar-refractivity contribution in [3.63, 3.8) is 0 Å². The van der Waals surface area contributed by atoms with Crippen molar-refractivity contribution >= 4 is 5.69 Å². The van der Waals surface area contributed by atoms with Crippen LogP contribution in [0.3, 0.4) is 0 Å². The first-order valence-corrected chi connectivity index (χ1v) is 7.84. The zero-order valence-electron chi connectivity index (χ0n) is 12.4. The van der Waals surface area contributed by atoms with E-state index in [4.69, 9.17) is 4.74 Å². The molecule has 1 fully saturated rings. The van der Waals surface area contributed by atoms with E-state index in [1.165, 1.54) is 22.4 Å². The molecule has 0 aliphatic carbocycles. The van der Waals surface area contributed by atoms with Gasteiger partial charge in [0.15, 0.2) is 0 Å². The molecule has 0 amide bonds. The van der Waals surface area contributed by atoms with Gasteiger partial charge in [0.05, 0.1) is 6.10 Å². The fourth-order valence-electron chi connectivity index (χ4n) is 3.94. The molecule has 2 aromatic rings. The number of nitrogens with one attached hydrogen (secondary N) is 1. The van der Waals surface area contributed by atoms with Crippen LogP contribution < -0.4 is 5.32 Å². The van der Waals surface area contributed by atoms with E-state index in [0.717, 1.165) is 19.6 Å². The van der Waals surface area contributed by atoms with Gasteiger partial charge in [-0.15, -0.1) is 0 Å². The molecular formula is C19H21NO. The summed E-state index contributed by atoms with van der Waals surface area (Å²) in [5.41, 5.74) is 5.39. The summed E-state index contributed by atoms with van der Waals surface area (Å²) < 4.78 is 6.18. The summed E-state index contributed by atoms with van der Waals surface area (Å²) in [6, 6.07) is 17.5. The predicted molar refractivity (Wildman–Crippen MR) is 85.7 cm³/mol. The van der Waals surface area contributed by atoms with Crippen molar-refractivity contribution in [2.75, 3.05) is 18.5 Å². The lowest BCUT2D eigenvalue weighted by atomic mass is 9.74. The van der Waals surface area contributed by atoms with Crippen LogP contribution in [0.25, 0.3) is 0 Å². The quantitative estimate of drug-likeness (QED) is 0.841. The highest BCUT2D eigenvalue weighted by Gasteiger charge is 2.39. The Hall–Kier alpha value is -1.80. The maximum atomic E-state index is 6.18. The average molecular weight is 279 g/mol. The van der Waals surface area contributed by atoms with E-state index < -0.39 is 0 Å². The van der Waals surface area contributed by atoms with Crippen LogP contribution in [0.1, 0.15) is 35.1 Å².